The summed E-state index contributed by atoms with van der Waals surface area (Å²) in [6.45, 7) is 1.80. The molecule has 19 heavy (non-hydrogen) atoms. The van der Waals surface area contributed by atoms with Crippen LogP contribution in [-0.2, 0) is 9.59 Å². The zero-order chi connectivity index (χ0) is 13.8. The Kier molecular flexibility index (Phi) is 4.26. The minimum absolute atomic E-state index is 0.190. The highest BCUT2D eigenvalue weighted by Crippen LogP contribution is 2.21. The van der Waals surface area contributed by atoms with Crippen LogP contribution < -0.4 is 4.90 Å². The van der Waals surface area contributed by atoms with E-state index in [0.29, 0.717) is 0 Å². The summed E-state index contributed by atoms with van der Waals surface area (Å²) in [6.07, 6.45) is 1.34. The number of hydrogen-bond donors (Lipinski definition) is 2. The molecule has 0 saturated carbocycles. The van der Waals surface area contributed by atoms with Gasteiger partial charge in [-0.05, 0) is 11.6 Å². The van der Waals surface area contributed by atoms with Crippen molar-refractivity contribution in [3.63, 3.8) is 0 Å². The molecule has 1 fully saturated rings. The lowest BCUT2D eigenvalue weighted by Gasteiger charge is -2.27. The minimum Gasteiger partial charge on any atom is -0.480 e. The monoisotopic (exact) mass is 282 g/mol. The molecule has 1 aliphatic rings. The van der Waals surface area contributed by atoms with Crippen molar-refractivity contribution in [1.29, 1.82) is 0 Å². The molecule has 0 amide bonds. The first-order valence-corrected chi connectivity index (χ1v) is 6.99. The molecule has 1 saturated heterocycles. The topological polar surface area (TPSA) is 90.7 Å². The fourth-order valence-electron chi connectivity index (χ4n) is 1.94. The van der Waals surface area contributed by atoms with Gasteiger partial charge in [0.15, 0.2) is 5.92 Å². The molecule has 6 nitrogen and oxygen atoms in total. The summed E-state index contributed by atoms with van der Waals surface area (Å²) in [5.41, 5.74) is 0.190. The van der Waals surface area contributed by atoms with Crippen LogP contribution in [0.2, 0.25) is 0 Å². The Morgan fingerprint density at radius 2 is 1.84 bits per heavy atom. The predicted molar refractivity (Wildman–Crippen MR) is 71.8 cm³/mol. The Morgan fingerprint density at radius 1 is 1.21 bits per heavy atom. The summed E-state index contributed by atoms with van der Waals surface area (Å²) in [5, 5.41) is 17.8. The Hall–Kier alpha value is -1.76. The number of thioether (sulfide) groups is 1. The van der Waals surface area contributed by atoms with Crippen LogP contribution in [0.15, 0.2) is 18.3 Å². The van der Waals surface area contributed by atoms with Gasteiger partial charge in [-0.1, -0.05) is 6.07 Å². The second kappa shape index (κ2) is 5.92. The molecular weight excluding hydrogens is 268 g/mol. The van der Waals surface area contributed by atoms with E-state index in [1.54, 1.807) is 6.07 Å². The fourth-order valence-corrected chi connectivity index (χ4v) is 2.84. The van der Waals surface area contributed by atoms with E-state index in [2.05, 4.69) is 9.88 Å². The number of aromatic nitrogens is 1. The summed E-state index contributed by atoms with van der Waals surface area (Å²) >= 11 is 1.88. The lowest BCUT2D eigenvalue weighted by atomic mass is 10.0. The highest BCUT2D eigenvalue weighted by molar-refractivity contribution is 7.99. The highest BCUT2D eigenvalue weighted by Gasteiger charge is 2.28. The van der Waals surface area contributed by atoms with Gasteiger partial charge in [-0.15, -0.1) is 0 Å². The van der Waals surface area contributed by atoms with Crippen molar-refractivity contribution in [3.8, 4) is 0 Å². The third-order valence-corrected chi connectivity index (χ3v) is 3.88. The Balaban J connectivity index is 2.17. The number of carboxylic acid groups (broad SMARTS) is 2. The largest absolute Gasteiger partial charge is 0.480 e. The molecule has 2 heterocycles. The molecular formula is C12H14N2O4S. The molecule has 7 heteroatoms. The molecule has 2 N–H and O–H groups in total. The number of rotatable bonds is 4. The van der Waals surface area contributed by atoms with E-state index < -0.39 is 17.9 Å². The van der Waals surface area contributed by atoms with E-state index in [0.717, 1.165) is 30.4 Å². The molecule has 1 aromatic rings. The van der Waals surface area contributed by atoms with Crippen LogP contribution in [0.25, 0.3) is 0 Å². The van der Waals surface area contributed by atoms with E-state index in [-0.39, 0.29) is 5.56 Å². The standard InChI is InChI=1S/C12H14N2O4S/c15-11(16)10(12(17)18)8-1-2-9(13-7-8)14-3-5-19-6-4-14/h1-2,7,10H,3-6H2,(H,15,16)(H,17,18). The molecule has 0 spiro atoms. The van der Waals surface area contributed by atoms with Crippen molar-refractivity contribution in [2.75, 3.05) is 29.5 Å². The van der Waals surface area contributed by atoms with Crippen LogP contribution in [0.4, 0.5) is 5.82 Å². The molecule has 0 atom stereocenters. The van der Waals surface area contributed by atoms with Gasteiger partial charge in [-0.25, -0.2) is 4.98 Å². The molecule has 1 aromatic heterocycles. The third kappa shape index (κ3) is 3.17. The van der Waals surface area contributed by atoms with Gasteiger partial charge in [0.1, 0.15) is 5.82 Å². The van der Waals surface area contributed by atoms with Crippen LogP contribution in [0.5, 0.6) is 0 Å². The van der Waals surface area contributed by atoms with Crippen molar-refractivity contribution in [2.45, 2.75) is 5.92 Å². The second-order valence-electron chi connectivity index (χ2n) is 4.16. The molecule has 0 aliphatic carbocycles. The second-order valence-corrected chi connectivity index (χ2v) is 5.38. The maximum Gasteiger partial charge on any atom is 0.322 e. The van der Waals surface area contributed by atoms with Crippen LogP contribution in [0, 0.1) is 0 Å². The van der Waals surface area contributed by atoms with Gasteiger partial charge in [-0.2, -0.15) is 11.8 Å². The van der Waals surface area contributed by atoms with E-state index in [1.165, 1.54) is 12.3 Å². The van der Waals surface area contributed by atoms with Crippen LogP contribution in [-0.4, -0.2) is 51.7 Å². The zero-order valence-corrected chi connectivity index (χ0v) is 11.0. The smallest absolute Gasteiger partial charge is 0.322 e. The summed E-state index contributed by atoms with van der Waals surface area (Å²) in [6, 6.07) is 3.21. The number of anilines is 1. The summed E-state index contributed by atoms with van der Waals surface area (Å²) in [5.74, 6) is -1.48. The van der Waals surface area contributed by atoms with Gasteiger partial charge in [0.25, 0.3) is 0 Å². The van der Waals surface area contributed by atoms with Gasteiger partial charge >= 0.3 is 11.9 Å². The lowest BCUT2D eigenvalue weighted by Crippen LogP contribution is -2.33. The number of hydrogen-bond acceptors (Lipinski definition) is 5. The van der Waals surface area contributed by atoms with Gasteiger partial charge in [-0.3, -0.25) is 9.59 Å². The van der Waals surface area contributed by atoms with Crippen molar-refractivity contribution < 1.29 is 19.8 Å². The highest BCUT2D eigenvalue weighted by atomic mass is 32.2. The van der Waals surface area contributed by atoms with Gasteiger partial charge in [0.2, 0.25) is 0 Å². The number of aliphatic carboxylic acids is 2. The first kappa shape index (κ1) is 13.7. The maximum atomic E-state index is 10.9. The van der Waals surface area contributed by atoms with Crippen molar-refractivity contribution in [1.82, 2.24) is 4.98 Å². The van der Waals surface area contributed by atoms with E-state index in [9.17, 15) is 9.59 Å². The minimum atomic E-state index is -1.56. The van der Waals surface area contributed by atoms with E-state index in [4.69, 9.17) is 10.2 Å². The number of carboxylic acids is 2. The summed E-state index contributed by atoms with van der Waals surface area (Å²) in [4.78, 5) is 28.1. The first-order valence-electron chi connectivity index (χ1n) is 5.84. The van der Waals surface area contributed by atoms with Gasteiger partial charge in [0.05, 0.1) is 0 Å². The van der Waals surface area contributed by atoms with Crippen LogP contribution >= 0.6 is 11.8 Å². The van der Waals surface area contributed by atoms with Gasteiger partial charge in [0, 0.05) is 30.8 Å². The molecule has 2 rings (SSSR count). The summed E-state index contributed by atoms with van der Waals surface area (Å²) < 4.78 is 0. The molecule has 0 radical (unpaired) electrons. The first-order chi connectivity index (χ1) is 9.09. The lowest BCUT2D eigenvalue weighted by molar-refractivity contribution is -0.150. The molecule has 0 bridgehead atoms. The van der Waals surface area contributed by atoms with E-state index in [1.807, 2.05) is 11.8 Å². The SMILES string of the molecule is O=C(O)C(C(=O)O)c1ccc(N2CCSCC2)nc1. The number of carbonyl (C=O) groups is 2. The Bertz CT molecular complexity index is 457. The Labute approximate surface area is 114 Å². The molecule has 0 unspecified atom stereocenters. The van der Waals surface area contributed by atoms with Crippen molar-refractivity contribution in [3.05, 3.63) is 23.9 Å². The predicted octanol–water partition coefficient (Wildman–Crippen LogP) is 0.888. The normalized spacial score (nSPS) is 15.5. The number of nitrogens with zero attached hydrogens (tertiary/aromatic N) is 2. The van der Waals surface area contributed by atoms with Crippen molar-refractivity contribution in [2.24, 2.45) is 0 Å². The van der Waals surface area contributed by atoms with Crippen LogP contribution in [0.3, 0.4) is 0 Å². The van der Waals surface area contributed by atoms with Crippen LogP contribution in [0.1, 0.15) is 11.5 Å². The average molecular weight is 282 g/mol. The third-order valence-electron chi connectivity index (χ3n) is 2.93. The van der Waals surface area contributed by atoms with Gasteiger partial charge < -0.3 is 15.1 Å². The van der Waals surface area contributed by atoms with E-state index >= 15 is 0 Å². The fraction of sp³-hybridized carbons (Fsp3) is 0.417. The van der Waals surface area contributed by atoms with Crippen molar-refractivity contribution >= 4 is 29.5 Å². The maximum absolute atomic E-state index is 10.9. The number of pyridine rings is 1. The average Bonchev–Trinajstić information content (AvgIpc) is 2.40. The zero-order valence-electron chi connectivity index (χ0n) is 10.2. The quantitative estimate of drug-likeness (QED) is 0.792. The summed E-state index contributed by atoms with van der Waals surface area (Å²) in [7, 11) is 0. The molecule has 0 aromatic carbocycles. The molecule has 1 aliphatic heterocycles. The Morgan fingerprint density at radius 3 is 2.32 bits per heavy atom. The molecule has 102 valence electrons.